The van der Waals surface area contributed by atoms with E-state index in [-0.39, 0.29) is 11.7 Å². The standard InChI is InChI=1S/C10H15N3O2/c1-6(2)7(3)11-9-5-4-8(10(14)15)12-13-9/h4-7H,1-3H3,(H,11,13)(H,14,15). The summed E-state index contributed by atoms with van der Waals surface area (Å²) >= 11 is 0. The van der Waals surface area contributed by atoms with E-state index in [1.165, 1.54) is 6.07 Å². The molecular formula is C10H15N3O2. The van der Waals surface area contributed by atoms with E-state index < -0.39 is 5.97 Å². The molecule has 0 saturated carbocycles. The molecule has 0 saturated heterocycles. The minimum Gasteiger partial charge on any atom is -0.476 e. The van der Waals surface area contributed by atoms with Crippen molar-refractivity contribution in [2.75, 3.05) is 5.32 Å². The van der Waals surface area contributed by atoms with Crippen molar-refractivity contribution in [2.45, 2.75) is 26.8 Å². The minimum atomic E-state index is -1.06. The van der Waals surface area contributed by atoms with Gasteiger partial charge >= 0.3 is 5.97 Å². The molecule has 1 atom stereocenters. The third-order valence-corrected chi connectivity index (χ3v) is 2.26. The summed E-state index contributed by atoms with van der Waals surface area (Å²) in [7, 11) is 0. The first-order chi connectivity index (χ1) is 7.00. The van der Waals surface area contributed by atoms with E-state index in [0.717, 1.165) is 0 Å². The second-order valence-corrected chi connectivity index (χ2v) is 3.79. The Morgan fingerprint density at radius 2 is 2.00 bits per heavy atom. The van der Waals surface area contributed by atoms with Gasteiger partial charge in [-0.3, -0.25) is 0 Å². The Bertz CT molecular complexity index is 335. The first kappa shape index (κ1) is 11.4. The zero-order valence-corrected chi connectivity index (χ0v) is 9.06. The van der Waals surface area contributed by atoms with Gasteiger partial charge in [-0.25, -0.2) is 4.79 Å². The third-order valence-electron chi connectivity index (χ3n) is 2.26. The van der Waals surface area contributed by atoms with Crippen LogP contribution in [0.3, 0.4) is 0 Å². The highest BCUT2D eigenvalue weighted by Crippen LogP contribution is 2.09. The number of nitrogens with one attached hydrogen (secondary N) is 1. The Hall–Kier alpha value is -1.65. The van der Waals surface area contributed by atoms with Crippen molar-refractivity contribution in [3.8, 4) is 0 Å². The molecule has 82 valence electrons. The molecule has 1 aromatic heterocycles. The summed E-state index contributed by atoms with van der Waals surface area (Å²) in [6, 6.07) is 3.33. The molecule has 0 aromatic carbocycles. The van der Waals surface area contributed by atoms with Crippen molar-refractivity contribution in [3.63, 3.8) is 0 Å². The molecule has 0 aliphatic carbocycles. The van der Waals surface area contributed by atoms with Crippen LogP contribution in [0.2, 0.25) is 0 Å². The van der Waals surface area contributed by atoms with E-state index in [2.05, 4.69) is 29.4 Å². The van der Waals surface area contributed by atoms with Gasteiger partial charge in [0.15, 0.2) is 5.69 Å². The molecule has 1 heterocycles. The molecule has 1 rings (SSSR count). The van der Waals surface area contributed by atoms with Gasteiger partial charge in [-0.2, -0.15) is 0 Å². The van der Waals surface area contributed by atoms with E-state index in [1.807, 2.05) is 6.92 Å². The molecule has 0 aliphatic heterocycles. The van der Waals surface area contributed by atoms with Crippen molar-refractivity contribution in [1.29, 1.82) is 0 Å². The van der Waals surface area contributed by atoms with E-state index in [0.29, 0.717) is 11.7 Å². The van der Waals surface area contributed by atoms with Crippen LogP contribution in [0, 0.1) is 5.92 Å². The molecule has 0 bridgehead atoms. The van der Waals surface area contributed by atoms with Gasteiger partial charge in [0.25, 0.3) is 0 Å². The predicted molar refractivity (Wildman–Crippen MR) is 56.9 cm³/mol. The van der Waals surface area contributed by atoms with Crippen LogP contribution in [0.25, 0.3) is 0 Å². The number of aromatic nitrogens is 2. The van der Waals surface area contributed by atoms with Crippen molar-refractivity contribution in [2.24, 2.45) is 5.92 Å². The number of nitrogens with zero attached hydrogens (tertiary/aromatic N) is 2. The molecule has 2 N–H and O–H groups in total. The van der Waals surface area contributed by atoms with Crippen molar-refractivity contribution in [3.05, 3.63) is 17.8 Å². The van der Waals surface area contributed by atoms with Crippen molar-refractivity contribution >= 4 is 11.8 Å². The fourth-order valence-corrected chi connectivity index (χ4v) is 0.923. The highest BCUT2D eigenvalue weighted by Gasteiger charge is 2.09. The van der Waals surface area contributed by atoms with Crippen LogP contribution in [-0.2, 0) is 0 Å². The first-order valence-electron chi connectivity index (χ1n) is 4.84. The number of rotatable bonds is 4. The van der Waals surface area contributed by atoms with Crippen molar-refractivity contribution in [1.82, 2.24) is 10.2 Å². The number of carbonyl (C=O) groups is 1. The molecule has 5 nitrogen and oxygen atoms in total. The number of anilines is 1. The fraction of sp³-hybridized carbons (Fsp3) is 0.500. The summed E-state index contributed by atoms with van der Waals surface area (Å²) in [6.07, 6.45) is 0. The Morgan fingerprint density at radius 1 is 1.33 bits per heavy atom. The lowest BCUT2D eigenvalue weighted by Gasteiger charge is -2.17. The molecule has 1 aromatic rings. The first-order valence-corrected chi connectivity index (χ1v) is 4.84. The topological polar surface area (TPSA) is 75.1 Å². The lowest BCUT2D eigenvalue weighted by molar-refractivity contribution is 0.0689. The number of carboxylic acid groups (broad SMARTS) is 1. The van der Waals surface area contributed by atoms with Crippen molar-refractivity contribution < 1.29 is 9.90 Å². The number of hydrogen-bond acceptors (Lipinski definition) is 4. The Labute approximate surface area is 88.5 Å². The lowest BCUT2D eigenvalue weighted by Crippen LogP contribution is -2.22. The summed E-state index contributed by atoms with van der Waals surface area (Å²) < 4.78 is 0. The Morgan fingerprint density at radius 3 is 2.40 bits per heavy atom. The van der Waals surface area contributed by atoms with Crippen LogP contribution < -0.4 is 5.32 Å². The largest absolute Gasteiger partial charge is 0.476 e. The maximum absolute atomic E-state index is 10.5. The van der Waals surface area contributed by atoms with E-state index in [9.17, 15) is 4.79 Å². The normalized spacial score (nSPS) is 12.5. The molecular weight excluding hydrogens is 194 g/mol. The van der Waals surface area contributed by atoms with Gasteiger partial charge in [0.2, 0.25) is 0 Å². The molecule has 1 unspecified atom stereocenters. The van der Waals surface area contributed by atoms with E-state index in [1.54, 1.807) is 6.07 Å². The van der Waals surface area contributed by atoms with Crippen LogP contribution in [0.4, 0.5) is 5.82 Å². The van der Waals surface area contributed by atoms with Crippen LogP contribution in [-0.4, -0.2) is 27.3 Å². The average Bonchev–Trinajstić information content (AvgIpc) is 2.18. The quantitative estimate of drug-likeness (QED) is 0.788. The number of aromatic carboxylic acids is 1. The monoisotopic (exact) mass is 209 g/mol. The maximum Gasteiger partial charge on any atom is 0.356 e. The van der Waals surface area contributed by atoms with E-state index >= 15 is 0 Å². The SMILES string of the molecule is CC(C)C(C)Nc1ccc(C(=O)O)nn1. The maximum atomic E-state index is 10.5. The van der Waals surface area contributed by atoms with Crippen LogP contribution in [0.5, 0.6) is 0 Å². The summed E-state index contributed by atoms with van der Waals surface area (Å²) in [6.45, 7) is 6.23. The summed E-state index contributed by atoms with van der Waals surface area (Å²) in [5.74, 6) is 0.0121. The Kier molecular flexibility index (Phi) is 3.60. The van der Waals surface area contributed by atoms with Crippen LogP contribution in [0.1, 0.15) is 31.3 Å². The third kappa shape index (κ3) is 3.19. The fourth-order valence-electron chi connectivity index (χ4n) is 0.923. The zero-order chi connectivity index (χ0) is 11.4. The second-order valence-electron chi connectivity index (χ2n) is 3.79. The summed E-state index contributed by atoms with van der Waals surface area (Å²) in [4.78, 5) is 10.5. The van der Waals surface area contributed by atoms with Crippen LogP contribution >= 0.6 is 0 Å². The predicted octanol–water partition coefficient (Wildman–Crippen LogP) is 1.63. The molecule has 15 heavy (non-hydrogen) atoms. The zero-order valence-electron chi connectivity index (χ0n) is 9.06. The van der Waals surface area contributed by atoms with Gasteiger partial charge in [-0.1, -0.05) is 13.8 Å². The van der Waals surface area contributed by atoms with E-state index in [4.69, 9.17) is 5.11 Å². The van der Waals surface area contributed by atoms with Gasteiger partial charge in [0, 0.05) is 6.04 Å². The molecule has 0 amide bonds. The van der Waals surface area contributed by atoms with Gasteiger partial charge in [0.05, 0.1) is 0 Å². The molecule has 0 radical (unpaired) electrons. The Balaban J connectivity index is 2.68. The molecule has 5 heteroatoms. The molecule has 0 fully saturated rings. The lowest BCUT2D eigenvalue weighted by atomic mass is 10.1. The van der Waals surface area contributed by atoms with Gasteiger partial charge in [-0.15, -0.1) is 10.2 Å². The number of hydrogen-bond donors (Lipinski definition) is 2. The highest BCUT2D eigenvalue weighted by molar-refractivity contribution is 5.85. The minimum absolute atomic E-state index is 0.0437. The highest BCUT2D eigenvalue weighted by atomic mass is 16.4. The van der Waals surface area contributed by atoms with Gasteiger partial charge in [-0.05, 0) is 25.0 Å². The molecule has 0 spiro atoms. The summed E-state index contributed by atoms with van der Waals surface area (Å²) in [5, 5.41) is 19.1. The second kappa shape index (κ2) is 4.72. The average molecular weight is 209 g/mol. The smallest absolute Gasteiger partial charge is 0.356 e. The molecule has 0 aliphatic rings. The van der Waals surface area contributed by atoms with Crippen LogP contribution in [0.15, 0.2) is 12.1 Å². The number of carboxylic acids is 1. The van der Waals surface area contributed by atoms with Gasteiger partial charge < -0.3 is 10.4 Å². The summed E-state index contributed by atoms with van der Waals surface area (Å²) in [5.41, 5.74) is -0.0437. The van der Waals surface area contributed by atoms with Gasteiger partial charge in [0.1, 0.15) is 5.82 Å².